The van der Waals surface area contributed by atoms with Gasteiger partial charge in [-0.3, -0.25) is 4.79 Å². The molecular weight excluding hydrogens is 466 g/mol. The Balaban J connectivity index is 1.21. The molecule has 2 saturated heterocycles. The van der Waals surface area contributed by atoms with E-state index in [0.717, 1.165) is 32.1 Å². The van der Waals surface area contributed by atoms with Crippen molar-refractivity contribution in [1.29, 1.82) is 0 Å². The van der Waals surface area contributed by atoms with E-state index in [2.05, 4.69) is 34.6 Å². The molecule has 0 radical (unpaired) electrons. The molecule has 0 aromatic rings. The van der Waals surface area contributed by atoms with Crippen LogP contribution in [0.1, 0.15) is 86.0 Å². The topological polar surface area (TPSA) is 79.2 Å². The fourth-order valence-corrected chi connectivity index (χ4v) is 12.4. The number of rotatable bonds is 1. The molecule has 37 heavy (non-hydrogen) atoms. The predicted octanol–water partition coefficient (Wildman–Crippen LogP) is 4.02. The molecule has 5 saturated carbocycles. The molecule has 1 amide bonds. The lowest BCUT2D eigenvalue weighted by Crippen LogP contribution is -2.59. The molecule has 2 N–H and O–H groups in total. The first-order chi connectivity index (χ1) is 17.4. The average Bonchev–Trinajstić information content (AvgIpc) is 3.51. The molecule has 0 aromatic heterocycles. The van der Waals surface area contributed by atoms with Gasteiger partial charge in [0.2, 0.25) is 0 Å². The molecule has 12 atom stereocenters. The maximum absolute atomic E-state index is 13.4. The molecule has 7 rings (SSSR count). The van der Waals surface area contributed by atoms with Gasteiger partial charge in [-0.15, -0.1) is 0 Å². The van der Waals surface area contributed by atoms with Gasteiger partial charge in [-0.1, -0.05) is 34.6 Å². The highest BCUT2D eigenvalue weighted by Gasteiger charge is 2.84. The van der Waals surface area contributed by atoms with Crippen LogP contribution in [0.3, 0.4) is 0 Å². The third-order valence-corrected chi connectivity index (χ3v) is 14.4. The molecule has 0 bridgehead atoms. The first kappa shape index (κ1) is 25.3. The highest BCUT2D eigenvalue weighted by atomic mass is 16.5. The van der Waals surface area contributed by atoms with E-state index in [0.29, 0.717) is 54.9 Å². The Kier molecular flexibility index (Phi) is 5.29. The summed E-state index contributed by atoms with van der Waals surface area (Å²) in [7, 11) is 0. The second kappa shape index (κ2) is 7.73. The van der Waals surface area contributed by atoms with Crippen LogP contribution in [0, 0.1) is 50.7 Å². The van der Waals surface area contributed by atoms with Crippen molar-refractivity contribution in [2.45, 2.75) is 110 Å². The number of aliphatic hydroxyl groups is 2. The van der Waals surface area contributed by atoms with Gasteiger partial charge in [0.1, 0.15) is 6.10 Å². The molecule has 2 aliphatic heterocycles. The number of hydrogen-bond donors (Lipinski definition) is 2. The fourth-order valence-electron chi connectivity index (χ4n) is 12.4. The largest absolute Gasteiger partial charge is 0.393 e. The monoisotopic (exact) mass is 515 g/mol. The van der Waals surface area contributed by atoms with E-state index in [1.807, 2.05) is 4.90 Å². The van der Waals surface area contributed by atoms with Gasteiger partial charge in [-0.25, -0.2) is 0 Å². The second-order valence-corrected chi connectivity index (χ2v) is 15.5. The minimum Gasteiger partial charge on any atom is -0.393 e. The van der Waals surface area contributed by atoms with Crippen LogP contribution in [0.4, 0.5) is 0 Å². The molecule has 0 aromatic carbocycles. The molecule has 208 valence electrons. The lowest BCUT2D eigenvalue weighted by molar-refractivity contribution is -0.183. The van der Waals surface area contributed by atoms with Crippen molar-refractivity contribution in [1.82, 2.24) is 4.90 Å². The summed E-state index contributed by atoms with van der Waals surface area (Å²) in [5.74, 6) is 1.80. The third-order valence-electron chi connectivity index (χ3n) is 14.4. The number of ether oxygens (including phenoxy) is 2. The van der Waals surface area contributed by atoms with Crippen LogP contribution < -0.4 is 0 Å². The summed E-state index contributed by atoms with van der Waals surface area (Å²) in [6, 6.07) is 0. The van der Waals surface area contributed by atoms with Gasteiger partial charge in [-0.2, -0.15) is 0 Å². The van der Waals surface area contributed by atoms with E-state index in [1.165, 1.54) is 19.3 Å². The predicted molar refractivity (Wildman–Crippen MR) is 140 cm³/mol. The molecule has 7 aliphatic rings. The lowest BCUT2D eigenvalue weighted by Gasteiger charge is -2.63. The van der Waals surface area contributed by atoms with Gasteiger partial charge in [0.15, 0.2) is 0 Å². The SMILES string of the molecule is CC1CC(C(=O)N2CCOCC2)OC2C1C1(C)CCC34CC35CCC(O)C(C)(C)C5CCC4C1(C)C2O. The number of nitrogens with zero attached hydrogens (tertiary/aromatic N) is 1. The smallest absolute Gasteiger partial charge is 0.251 e. The van der Waals surface area contributed by atoms with Crippen LogP contribution in [-0.4, -0.2) is 71.7 Å². The Bertz CT molecular complexity index is 979. The molecule has 6 nitrogen and oxygen atoms in total. The van der Waals surface area contributed by atoms with Crippen molar-refractivity contribution >= 4 is 5.91 Å². The van der Waals surface area contributed by atoms with Crippen LogP contribution in [-0.2, 0) is 14.3 Å². The Morgan fingerprint density at radius 3 is 2.32 bits per heavy atom. The summed E-state index contributed by atoms with van der Waals surface area (Å²) in [5.41, 5.74) is 0.432. The number of morpholine rings is 1. The summed E-state index contributed by atoms with van der Waals surface area (Å²) >= 11 is 0. The minimum absolute atomic E-state index is 0.0136. The van der Waals surface area contributed by atoms with Crippen molar-refractivity contribution in [2.24, 2.45) is 50.7 Å². The molecule has 2 heterocycles. The van der Waals surface area contributed by atoms with Gasteiger partial charge in [0.25, 0.3) is 5.91 Å². The maximum Gasteiger partial charge on any atom is 0.251 e. The highest BCUT2D eigenvalue weighted by Crippen LogP contribution is 2.89. The Labute approximate surface area is 222 Å². The zero-order valence-corrected chi connectivity index (χ0v) is 23.7. The zero-order valence-electron chi connectivity index (χ0n) is 23.7. The standard InChI is InChI=1S/C31H49NO5/c1-18-16-19(26(35)32-12-14-36-15-13-32)37-24-23(18)28(4)10-11-31-17-30(31)9-8-22(33)27(2,3)20(30)6-7-21(31)29(28,5)25(24)34/h18-25,33-34H,6-17H2,1-5H3. The number of carbonyl (C=O) groups excluding carboxylic acids is 1. The summed E-state index contributed by atoms with van der Waals surface area (Å²) < 4.78 is 12.2. The minimum atomic E-state index is -0.538. The summed E-state index contributed by atoms with van der Waals surface area (Å²) in [6.07, 6.45) is 7.38. The van der Waals surface area contributed by atoms with Crippen molar-refractivity contribution in [3.05, 3.63) is 0 Å². The Morgan fingerprint density at radius 2 is 1.59 bits per heavy atom. The zero-order chi connectivity index (χ0) is 26.2. The van der Waals surface area contributed by atoms with Crippen LogP contribution in [0.5, 0.6) is 0 Å². The summed E-state index contributed by atoms with van der Waals surface area (Å²) in [4.78, 5) is 15.3. The van der Waals surface area contributed by atoms with Gasteiger partial charge in [0, 0.05) is 18.5 Å². The highest BCUT2D eigenvalue weighted by molar-refractivity contribution is 5.81. The maximum atomic E-state index is 13.4. The van der Waals surface area contributed by atoms with Crippen molar-refractivity contribution in [3.8, 4) is 0 Å². The van der Waals surface area contributed by atoms with Crippen molar-refractivity contribution < 1.29 is 24.5 Å². The first-order valence-electron chi connectivity index (χ1n) is 15.3. The molecule has 5 aliphatic carbocycles. The molecule has 6 heteroatoms. The molecule has 12 unspecified atom stereocenters. The van der Waals surface area contributed by atoms with Gasteiger partial charge >= 0.3 is 0 Å². The van der Waals surface area contributed by atoms with E-state index in [1.54, 1.807) is 0 Å². The van der Waals surface area contributed by atoms with Crippen LogP contribution in [0.2, 0.25) is 0 Å². The van der Waals surface area contributed by atoms with Crippen LogP contribution in [0.25, 0.3) is 0 Å². The molecular formula is C31H49NO5. The van der Waals surface area contributed by atoms with Crippen molar-refractivity contribution in [2.75, 3.05) is 26.3 Å². The third kappa shape index (κ3) is 2.85. The Morgan fingerprint density at radius 1 is 0.919 bits per heavy atom. The lowest BCUT2D eigenvalue weighted by atomic mass is 9.41. The number of fused-ring (bicyclic) bond motifs is 4. The van der Waals surface area contributed by atoms with Crippen LogP contribution in [0.15, 0.2) is 0 Å². The molecule has 7 fully saturated rings. The van der Waals surface area contributed by atoms with Crippen LogP contribution >= 0.6 is 0 Å². The number of aliphatic hydroxyl groups excluding tert-OH is 2. The fraction of sp³-hybridized carbons (Fsp3) is 0.968. The first-order valence-corrected chi connectivity index (χ1v) is 15.3. The van der Waals surface area contributed by atoms with E-state index in [4.69, 9.17) is 9.47 Å². The summed E-state index contributed by atoms with van der Waals surface area (Å²) in [6.45, 7) is 14.3. The molecule has 2 spiro atoms. The number of carbonyl (C=O) groups is 1. The quantitative estimate of drug-likeness (QED) is 0.552. The van der Waals surface area contributed by atoms with E-state index in [-0.39, 0.29) is 40.3 Å². The number of hydrogen-bond acceptors (Lipinski definition) is 5. The summed E-state index contributed by atoms with van der Waals surface area (Å²) in [5, 5.41) is 23.2. The van der Waals surface area contributed by atoms with Gasteiger partial charge in [0.05, 0.1) is 31.5 Å². The van der Waals surface area contributed by atoms with Gasteiger partial charge < -0.3 is 24.6 Å². The normalized spacial score (nSPS) is 57.9. The number of amides is 1. The van der Waals surface area contributed by atoms with E-state index < -0.39 is 12.2 Å². The van der Waals surface area contributed by atoms with Gasteiger partial charge in [-0.05, 0) is 96.7 Å². The van der Waals surface area contributed by atoms with E-state index >= 15 is 0 Å². The van der Waals surface area contributed by atoms with Crippen molar-refractivity contribution in [3.63, 3.8) is 0 Å². The second-order valence-electron chi connectivity index (χ2n) is 15.5. The average molecular weight is 516 g/mol. The Hall–Kier alpha value is -0.690. The van der Waals surface area contributed by atoms with E-state index in [9.17, 15) is 15.0 Å².